The average molecular weight is 280 g/mol. The molecule has 0 aliphatic carbocycles. The summed E-state index contributed by atoms with van der Waals surface area (Å²) in [6.45, 7) is 7.27. The van der Waals surface area contributed by atoms with Crippen molar-refractivity contribution in [3.05, 3.63) is 18.2 Å². The Morgan fingerprint density at radius 2 is 2.05 bits per heavy atom. The van der Waals surface area contributed by atoms with Crippen LogP contribution in [-0.4, -0.2) is 34.5 Å². The minimum atomic E-state index is -0.451. The van der Waals surface area contributed by atoms with Gasteiger partial charge in [0, 0.05) is 18.6 Å². The van der Waals surface area contributed by atoms with Crippen molar-refractivity contribution in [1.29, 1.82) is 0 Å². The molecule has 1 aromatic heterocycles. The third-order valence-corrected chi connectivity index (χ3v) is 3.18. The van der Waals surface area contributed by atoms with E-state index in [1.807, 2.05) is 25.7 Å². The number of piperidine rings is 1. The summed E-state index contributed by atoms with van der Waals surface area (Å²) in [6, 6.07) is 0. The molecule has 1 atom stereocenters. The molecule has 0 saturated carbocycles. The van der Waals surface area contributed by atoms with Gasteiger partial charge in [0.1, 0.15) is 0 Å². The molecule has 1 aliphatic heterocycles. The average Bonchev–Trinajstić information content (AvgIpc) is 2.38. The molecule has 0 bridgehead atoms. The topological polar surface area (TPSA) is 58.1 Å². The lowest BCUT2D eigenvalue weighted by Gasteiger charge is -2.33. The van der Waals surface area contributed by atoms with E-state index in [1.165, 1.54) is 0 Å². The number of nitrogens with zero attached hydrogens (tertiary/aromatic N) is 3. The number of rotatable bonds is 2. The number of hydrogen-bond donors (Lipinski definition) is 1. The first kappa shape index (κ1) is 14.7. The molecule has 0 aromatic carbocycles. The van der Waals surface area contributed by atoms with Crippen molar-refractivity contribution in [2.75, 3.05) is 18.0 Å². The zero-order chi connectivity index (χ0) is 14.8. The highest BCUT2D eigenvalue weighted by Crippen LogP contribution is 2.21. The molecule has 1 unspecified atom stereocenters. The molecular formula is C14H21FN4O. The van der Waals surface area contributed by atoms with Crippen LogP contribution in [0.5, 0.6) is 0 Å². The summed E-state index contributed by atoms with van der Waals surface area (Å²) in [5.41, 5.74) is -0.230. The first-order valence-electron chi connectivity index (χ1n) is 6.90. The summed E-state index contributed by atoms with van der Waals surface area (Å²) in [5, 5.41) is 3.00. The maximum atomic E-state index is 12.8. The van der Waals surface area contributed by atoms with Crippen molar-refractivity contribution in [3.63, 3.8) is 0 Å². The van der Waals surface area contributed by atoms with Crippen LogP contribution < -0.4 is 10.2 Å². The van der Waals surface area contributed by atoms with Gasteiger partial charge in [-0.25, -0.2) is 14.4 Å². The number of anilines is 1. The van der Waals surface area contributed by atoms with Crippen molar-refractivity contribution < 1.29 is 9.18 Å². The van der Waals surface area contributed by atoms with E-state index in [0.29, 0.717) is 12.5 Å². The number of nitrogens with one attached hydrogen (secondary N) is 1. The van der Waals surface area contributed by atoms with E-state index < -0.39 is 5.82 Å². The van der Waals surface area contributed by atoms with Crippen LogP contribution in [0.3, 0.4) is 0 Å². The summed E-state index contributed by atoms with van der Waals surface area (Å²) in [6.07, 6.45) is 4.07. The molecule has 2 rings (SSSR count). The van der Waals surface area contributed by atoms with E-state index in [0.717, 1.165) is 31.8 Å². The monoisotopic (exact) mass is 280 g/mol. The third-order valence-electron chi connectivity index (χ3n) is 3.18. The number of carbonyl (C=O) groups is 1. The van der Waals surface area contributed by atoms with Gasteiger partial charge in [0.25, 0.3) is 0 Å². The molecule has 1 N–H and O–H groups in total. The summed E-state index contributed by atoms with van der Waals surface area (Å²) < 4.78 is 12.8. The summed E-state index contributed by atoms with van der Waals surface area (Å²) in [7, 11) is 0. The largest absolute Gasteiger partial charge is 0.351 e. The minimum Gasteiger partial charge on any atom is -0.351 e. The van der Waals surface area contributed by atoms with Crippen LogP contribution in [-0.2, 0) is 4.79 Å². The molecule has 6 heteroatoms. The first-order chi connectivity index (χ1) is 9.35. The Hall–Kier alpha value is -1.72. The molecule has 0 spiro atoms. The van der Waals surface area contributed by atoms with E-state index in [-0.39, 0.29) is 17.4 Å². The van der Waals surface area contributed by atoms with Gasteiger partial charge in [-0.1, -0.05) is 0 Å². The van der Waals surface area contributed by atoms with Crippen LogP contribution in [0.2, 0.25) is 0 Å². The van der Waals surface area contributed by atoms with Crippen LogP contribution in [0.15, 0.2) is 12.4 Å². The van der Waals surface area contributed by atoms with E-state index >= 15 is 0 Å². The maximum absolute atomic E-state index is 12.8. The standard InChI is InChI=1S/C14H21FN4O/c1-14(2,3)18-12(20)10-5-4-6-19(9-10)13-16-7-11(15)8-17-13/h7-8,10H,4-6,9H2,1-3H3,(H,18,20). The van der Waals surface area contributed by atoms with Gasteiger partial charge in [0.05, 0.1) is 18.3 Å². The quantitative estimate of drug-likeness (QED) is 0.896. The molecule has 0 radical (unpaired) electrons. The Kier molecular flexibility index (Phi) is 4.20. The van der Waals surface area contributed by atoms with Gasteiger partial charge < -0.3 is 10.2 Å². The summed E-state index contributed by atoms with van der Waals surface area (Å²) >= 11 is 0. The van der Waals surface area contributed by atoms with Gasteiger partial charge in [-0.2, -0.15) is 0 Å². The van der Waals surface area contributed by atoms with Crippen molar-refractivity contribution in [1.82, 2.24) is 15.3 Å². The normalized spacial score (nSPS) is 19.8. The lowest BCUT2D eigenvalue weighted by molar-refractivity contribution is -0.126. The molecular weight excluding hydrogens is 259 g/mol. The van der Waals surface area contributed by atoms with Gasteiger partial charge in [-0.3, -0.25) is 4.79 Å². The Morgan fingerprint density at radius 3 is 2.65 bits per heavy atom. The Morgan fingerprint density at radius 1 is 1.40 bits per heavy atom. The second-order valence-electron chi connectivity index (χ2n) is 6.23. The van der Waals surface area contributed by atoms with Crippen LogP contribution in [0, 0.1) is 11.7 Å². The zero-order valence-electron chi connectivity index (χ0n) is 12.2. The first-order valence-corrected chi connectivity index (χ1v) is 6.90. The number of halogens is 1. The van der Waals surface area contributed by atoms with Gasteiger partial charge >= 0.3 is 0 Å². The number of hydrogen-bond acceptors (Lipinski definition) is 4. The van der Waals surface area contributed by atoms with E-state index in [1.54, 1.807) is 0 Å². The van der Waals surface area contributed by atoms with Crippen molar-refractivity contribution in [2.24, 2.45) is 5.92 Å². The van der Waals surface area contributed by atoms with Gasteiger partial charge in [0.2, 0.25) is 11.9 Å². The van der Waals surface area contributed by atoms with Gasteiger partial charge in [-0.15, -0.1) is 0 Å². The second-order valence-corrected chi connectivity index (χ2v) is 6.23. The molecule has 1 fully saturated rings. The van der Waals surface area contributed by atoms with Crippen LogP contribution >= 0.6 is 0 Å². The highest BCUT2D eigenvalue weighted by molar-refractivity contribution is 5.80. The summed E-state index contributed by atoms with van der Waals surface area (Å²) in [4.78, 5) is 22.1. The Labute approximate surface area is 118 Å². The maximum Gasteiger partial charge on any atom is 0.225 e. The van der Waals surface area contributed by atoms with Crippen LogP contribution in [0.25, 0.3) is 0 Å². The molecule has 110 valence electrons. The van der Waals surface area contributed by atoms with Gasteiger partial charge in [-0.05, 0) is 33.6 Å². The number of carbonyl (C=O) groups excluding carboxylic acids is 1. The fraction of sp³-hybridized carbons (Fsp3) is 0.643. The van der Waals surface area contributed by atoms with E-state index in [2.05, 4.69) is 15.3 Å². The Balaban J connectivity index is 2.01. The number of amides is 1. The molecule has 1 saturated heterocycles. The molecule has 20 heavy (non-hydrogen) atoms. The van der Waals surface area contributed by atoms with E-state index in [9.17, 15) is 9.18 Å². The highest BCUT2D eigenvalue weighted by atomic mass is 19.1. The highest BCUT2D eigenvalue weighted by Gasteiger charge is 2.29. The summed E-state index contributed by atoms with van der Waals surface area (Å²) in [5.74, 6) is 0.0217. The predicted octanol–water partition coefficient (Wildman–Crippen LogP) is 1.75. The van der Waals surface area contributed by atoms with Crippen LogP contribution in [0.1, 0.15) is 33.6 Å². The molecule has 1 amide bonds. The van der Waals surface area contributed by atoms with Crippen molar-refractivity contribution in [2.45, 2.75) is 39.2 Å². The number of aromatic nitrogens is 2. The van der Waals surface area contributed by atoms with Crippen LogP contribution in [0.4, 0.5) is 10.3 Å². The smallest absolute Gasteiger partial charge is 0.225 e. The fourth-order valence-corrected chi connectivity index (χ4v) is 2.31. The Bertz CT molecular complexity index is 469. The lowest BCUT2D eigenvalue weighted by atomic mass is 9.96. The van der Waals surface area contributed by atoms with Gasteiger partial charge in [0.15, 0.2) is 5.82 Å². The second kappa shape index (κ2) is 5.73. The third kappa shape index (κ3) is 3.88. The van der Waals surface area contributed by atoms with Crippen molar-refractivity contribution in [3.8, 4) is 0 Å². The zero-order valence-corrected chi connectivity index (χ0v) is 12.2. The molecule has 2 heterocycles. The minimum absolute atomic E-state index is 0.0595. The molecule has 1 aliphatic rings. The van der Waals surface area contributed by atoms with Crippen molar-refractivity contribution >= 4 is 11.9 Å². The SMILES string of the molecule is CC(C)(C)NC(=O)C1CCCN(c2ncc(F)cn2)C1. The lowest BCUT2D eigenvalue weighted by Crippen LogP contribution is -2.49. The molecule has 1 aromatic rings. The fourth-order valence-electron chi connectivity index (χ4n) is 2.31. The molecule has 5 nitrogen and oxygen atoms in total. The van der Waals surface area contributed by atoms with E-state index in [4.69, 9.17) is 0 Å². The predicted molar refractivity (Wildman–Crippen MR) is 74.8 cm³/mol.